The highest BCUT2D eigenvalue weighted by atomic mass is 14.9. The summed E-state index contributed by atoms with van der Waals surface area (Å²) in [7, 11) is 0. The van der Waals surface area contributed by atoms with Crippen LogP contribution in [0, 0.1) is 11.3 Å². The van der Waals surface area contributed by atoms with Crippen molar-refractivity contribution < 1.29 is 0 Å². The molecule has 2 aromatic rings. The van der Waals surface area contributed by atoms with Gasteiger partial charge in [-0.25, -0.2) is 9.97 Å². The Hall–Kier alpha value is -2.48. The predicted octanol–water partition coefficient (Wildman–Crippen LogP) is 0.992. The summed E-state index contributed by atoms with van der Waals surface area (Å²) in [5.74, 6) is 0.724. The Morgan fingerprint density at radius 2 is 1.93 bits per heavy atom. The van der Waals surface area contributed by atoms with E-state index in [2.05, 4.69) is 15.0 Å². The smallest absolute Gasteiger partial charge is 0.163 e. The fourth-order valence-corrected chi connectivity index (χ4v) is 1.15. The molecule has 0 aliphatic heterocycles. The van der Waals surface area contributed by atoms with Crippen LogP contribution in [-0.2, 0) is 0 Å². The fourth-order valence-electron chi connectivity index (χ4n) is 1.15. The number of nitrogen functional groups attached to an aromatic ring is 1. The second-order valence-electron chi connectivity index (χ2n) is 2.85. The molecule has 0 saturated carbocycles. The molecule has 0 fully saturated rings. The van der Waals surface area contributed by atoms with E-state index in [4.69, 9.17) is 11.0 Å². The first-order valence-corrected chi connectivity index (χ1v) is 4.24. The number of pyridine rings is 1. The number of anilines is 1. The summed E-state index contributed by atoms with van der Waals surface area (Å²) >= 11 is 0. The molecule has 0 aliphatic rings. The number of aromatic nitrogens is 3. The third kappa shape index (κ3) is 1.89. The summed E-state index contributed by atoms with van der Waals surface area (Å²) in [6.45, 7) is 0. The van der Waals surface area contributed by atoms with E-state index in [0.29, 0.717) is 5.82 Å². The van der Waals surface area contributed by atoms with E-state index < -0.39 is 0 Å². The summed E-state index contributed by atoms with van der Waals surface area (Å²) in [5.41, 5.74) is 6.60. The SMILES string of the molecule is N#Cc1cc(N)nc(-c2ccncc2)n1. The molecule has 0 spiro atoms. The average Bonchev–Trinajstić information content (AvgIpc) is 2.29. The van der Waals surface area contributed by atoms with Gasteiger partial charge < -0.3 is 5.73 Å². The standard InChI is InChI=1S/C10H7N5/c11-6-8-5-9(12)15-10(14-8)7-1-3-13-4-2-7/h1-5H,(H2,12,14,15). The van der Waals surface area contributed by atoms with Crippen LogP contribution < -0.4 is 5.73 Å². The van der Waals surface area contributed by atoms with Crippen LogP contribution >= 0.6 is 0 Å². The van der Waals surface area contributed by atoms with Gasteiger partial charge in [0.15, 0.2) is 5.82 Å². The number of hydrogen-bond acceptors (Lipinski definition) is 5. The molecule has 5 nitrogen and oxygen atoms in total. The van der Waals surface area contributed by atoms with Crippen LogP contribution in [0.4, 0.5) is 5.82 Å². The zero-order chi connectivity index (χ0) is 10.7. The molecule has 0 radical (unpaired) electrons. The predicted molar refractivity (Wildman–Crippen MR) is 54.4 cm³/mol. The first-order valence-electron chi connectivity index (χ1n) is 4.24. The summed E-state index contributed by atoms with van der Waals surface area (Å²) in [4.78, 5) is 12.0. The fraction of sp³-hybridized carbons (Fsp3) is 0. The zero-order valence-electron chi connectivity index (χ0n) is 7.75. The van der Waals surface area contributed by atoms with Gasteiger partial charge in [0.25, 0.3) is 0 Å². The van der Waals surface area contributed by atoms with Gasteiger partial charge in [-0.3, -0.25) is 4.98 Å². The van der Waals surface area contributed by atoms with Crippen molar-refractivity contribution in [3.8, 4) is 17.5 Å². The number of nitrogens with two attached hydrogens (primary N) is 1. The molecule has 0 unspecified atom stereocenters. The molecule has 2 heterocycles. The van der Waals surface area contributed by atoms with Crippen molar-refractivity contribution in [3.05, 3.63) is 36.3 Å². The molecular formula is C10H7N5. The van der Waals surface area contributed by atoms with Gasteiger partial charge in [0.05, 0.1) is 0 Å². The van der Waals surface area contributed by atoms with Gasteiger partial charge in [0.2, 0.25) is 0 Å². The molecule has 2 aromatic heterocycles. The lowest BCUT2D eigenvalue weighted by Crippen LogP contribution is -1.98. The second-order valence-corrected chi connectivity index (χ2v) is 2.85. The number of nitrogens with zero attached hydrogens (tertiary/aromatic N) is 4. The summed E-state index contributed by atoms with van der Waals surface area (Å²) in [6, 6.07) is 6.89. The van der Waals surface area contributed by atoms with Crippen molar-refractivity contribution in [1.82, 2.24) is 15.0 Å². The van der Waals surface area contributed by atoms with Crippen molar-refractivity contribution >= 4 is 5.82 Å². The number of hydrogen-bond donors (Lipinski definition) is 1. The van der Waals surface area contributed by atoms with Crippen LogP contribution in [0.2, 0.25) is 0 Å². The minimum atomic E-state index is 0.259. The first-order chi connectivity index (χ1) is 7.29. The quantitative estimate of drug-likeness (QED) is 0.736. The molecule has 15 heavy (non-hydrogen) atoms. The van der Waals surface area contributed by atoms with Gasteiger partial charge in [-0.05, 0) is 12.1 Å². The van der Waals surface area contributed by atoms with Crippen molar-refractivity contribution in [2.24, 2.45) is 0 Å². The maximum absolute atomic E-state index is 8.73. The molecule has 0 atom stereocenters. The van der Waals surface area contributed by atoms with Gasteiger partial charge in [-0.15, -0.1) is 0 Å². The topological polar surface area (TPSA) is 88.5 Å². The van der Waals surface area contributed by atoms with Crippen LogP contribution in [0.25, 0.3) is 11.4 Å². The molecule has 0 bridgehead atoms. The van der Waals surface area contributed by atoms with E-state index in [1.165, 1.54) is 6.07 Å². The normalized spacial score (nSPS) is 9.53. The Labute approximate surface area is 86.2 Å². The van der Waals surface area contributed by atoms with Crippen LogP contribution in [0.5, 0.6) is 0 Å². The maximum Gasteiger partial charge on any atom is 0.163 e. The molecule has 5 heteroatoms. The monoisotopic (exact) mass is 197 g/mol. The maximum atomic E-state index is 8.73. The molecule has 2 rings (SSSR count). The molecular weight excluding hydrogens is 190 g/mol. The van der Waals surface area contributed by atoms with E-state index in [9.17, 15) is 0 Å². The summed E-state index contributed by atoms with van der Waals surface area (Å²) in [6.07, 6.45) is 3.27. The van der Waals surface area contributed by atoms with Gasteiger partial charge in [0.1, 0.15) is 17.6 Å². The lowest BCUT2D eigenvalue weighted by atomic mass is 10.2. The van der Waals surface area contributed by atoms with E-state index >= 15 is 0 Å². The average molecular weight is 197 g/mol. The summed E-state index contributed by atoms with van der Waals surface area (Å²) < 4.78 is 0. The molecule has 2 N–H and O–H groups in total. The Kier molecular flexibility index (Phi) is 2.25. The third-order valence-electron chi connectivity index (χ3n) is 1.80. The van der Waals surface area contributed by atoms with Crippen LogP contribution in [0.3, 0.4) is 0 Å². The Balaban J connectivity index is 2.55. The summed E-state index contributed by atoms with van der Waals surface area (Å²) in [5, 5.41) is 8.73. The Morgan fingerprint density at radius 3 is 2.60 bits per heavy atom. The number of nitriles is 1. The van der Waals surface area contributed by atoms with Gasteiger partial charge in [-0.2, -0.15) is 5.26 Å². The van der Waals surface area contributed by atoms with E-state index in [1.807, 2.05) is 6.07 Å². The Morgan fingerprint density at radius 1 is 1.20 bits per heavy atom. The van der Waals surface area contributed by atoms with Crippen molar-refractivity contribution in [2.75, 3.05) is 5.73 Å². The van der Waals surface area contributed by atoms with Crippen LogP contribution in [-0.4, -0.2) is 15.0 Å². The van der Waals surface area contributed by atoms with Crippen LogP contribution in [0.1, 0.15) is 5.69 Å². The number of rotatable bonds is 1. The van der Waals surface area contributed by atoms with Crippen LogP contribution in [0.15, 0.2) is 30.6 Å². The van der Waals surface area contributed by atoms with E-state index in [-0.39, 0.29) is 11.5 Å². The van der Waals surface area contributed by atoms with Crippen molar-refractivity contribution in [2.45, 2.75) is 0 Å². The largest absolute Gasteiger partial charge is 0.384 e. The highest BCUT2D eigenvalue weighted by Gasteiger charge is 2.04. The van der Waals surface area contributed by atoms with E-state index in [0.717, 1.165) is 5.56 Å². The third-order valence-corrected chi connectivity index (χ3v) is 1.80. The molecule has 0 aromatic carbocycles. The van der Waals surface area contributed by atoms with E-state index in [1.54, 1.807) is 24.5 Å². The lowest BCUT2D eigenvalue weighted by Gasteiger charge is -2.00. The minimum Gasteiger partial charge on any atom is -0.384 e. The molecule has 72 valence electrons. The molecule has 0 amide bonds. The lowest BCUT2D eigenvalue weighted by molar-refractivity contribution is 1.15. The molecule has 0 aliphatic carbocycles. The second kappa shape index (κ2) is 3.72. The van der Waals surface area contributed by atoms with Gasteiger partial charge in [-0.1, -0.05) is 0 Å². The van der Waals surface area contributed by atoms with Gasteiger partial charge >= 0.3 is 0 Å². The Bertz CT molecular complexity index is 515. The minimum absolute atomic E-state index is 0.259. The first kappa shape index (κ1) is 9.09. The highest BCUT2D eigenvalue weighted by Crippen LogP contribution is 2.14. The highest BCUT2D eigenvalue weighted by molar-refractivity contribution is 5.56. The van der Waals surface area contributed by atoms with Gasteiger partial charge in [0, 0.05) is 24.0 Å². The zero-order valence-corrected chi connectivity index (χ0v) is 7.75. The molecule has 0 saturated heterocycles. The van der Waals surface area contributed by atoms with Crippen molar-refractivity contribution in [1.29, 1.82) is 5.26 Å². The van der Waals surface area contributed by atoms with Crippen molar-refractivity contribution in [3.63, 3.8) is 0 Å².